The number of nitrogens with one attached hydrogen (secondary N) is 2. The highest BCUT2D eigenvalue weighted by Crippen LogP contribution is 2.18. The van der Waals surface area contributed by atoms with E-state index in [2.05, 4.69) is 65.5 Å². The number of guanidine groups is 1. The minimum Gasteiger partial charge on any atom is -0.357 e. The highest BCUT2D eigenvalue weighted by Gasteiger charge is 2.06. The van der Waals surface area contributed by atoms with Gasteiger partial charge in [-0.1, -0.05) is 27.7 Å². The van der Waals surface area contributed by atoms with Crippen LogP contribution in [0, 0.1) is 0 Å². The number of hydrogen-bond acceptors (Lipinski definition) is 4. The van der Waals surface area contributed by atoms with Crippen molar-refractivity contribution in [2.24, 2.45) is 4.99 Å². The maximum absolute atomic E-state index is 4.64. The van der Waals surface area contributed by atoms with Crippen LogP contribution in [0.25, 0.3) is 0 Å². The van der Waals surface area contributed by atoms with E-state index >= 15 is 0 Å². The molecule has 1 heterocycles. The number of aromatic nitrogens is 1. The summed E-state index contributed by atoms with van der Waals surface area (Å²) in [4.78, 5) is 11.7. The van der Waals surface area contributed by atoms with Crippen LogP contribution in [0.2, 0.25) is 0 Å². The molecule has 0 unspecified atom stereocenters. The molecule has 132 valence electrons. The van der Waals surface area contributed by atoms with Crippen molar-refractivity contribution in [1.82, 2.24) is 20.5 Å². The Hall–Kier alpha value is -1.14. The summed E-state index contributed by atoms with van der Waals surface area (Å²) in [5, 5.41) is 9.93. The van der Waals surface area contributed by atoms with Crippen LogP contribution in [-0.2, 0) is 6.54 Å². The molecular formula is C17H33N5S. The zero-order valence-corrected chi connectivity index (χ0v) is 16.2. The average molecular weight is 340 g/mol. The summed E-state index contributed by atoms with van der Waals surface area (Å²) in [5.41, 5.74) is 1.16. The highest BCUT2D eigenvalue weighted by atomic mass is 32.1. The summed E-state index contributed by atoms with van der Waals surface area (Å²) in [7, 11) is 0. The molecule has 0 bridgehead atoms. The zero-order valence-electron chi connectivity index (χ0n) is 15.4. The van der Waals surface area contributed by atoms with Crippen molar-refractivity contribution < 1.29 is 0 Å². The molecule has 0 fully saturated rings. The molecule has 0 aliphatic carbocycles. The van der Waals surface area contributed by atoms with E-state index in [4.69, 9.17) is 0 Å². The molecule has 0 aliphatic rings. The molecule has 0 aromatic carbocycles. The van der Waals surface area contributed by atoms with Crippen molar-refractivity contribution in [1.29, 1.82) is 0 Å². The Bertz CT molecular complexity index is 452. The quantitative estimate of drug-likeness (QED) is 0.391. The molecule has 1 rings (SSSR count). The standard InChI is InChI=1S/C17H33N5S/c1-6-18-17(19-10-9-11-22(7-2)8-3)20-12-16-21-15(13-23-16)14(4)5/h13-14H,6-12H2,1-5H3,(H2,18,19,20). The highest BCUT2D eigenvalue weighted by molar-refractivity contribution is 7.09. The van der Waals surface area contributed by atoms with Gasteiger partial charge in [0.05, 0.1) is 12.2 Å². The monoisotopic (exact) mass is 339 g/mol. The lowest BCUT2D eigenvalue weighted by atomic mass is 10.2. The molecule has 23 heavy (non-hydrogen) atoms. The number of rotatable bonds is 10. The van der Waals surface area contributed by atoms with Crippen LogP contribution < -0.4 is 10.6 Å². The summed E-state index contributed by atoms with van der Waals surface area (Å²) in [6, 6.07) is 0. The van der Waals surface area contributed by atoms with Crippen molar-refractivity contribution in [3.8, 4) is 0 Å². The van der Waals surface area contributed by atoms with E-state index in [0.717, 1.165) is 55.8 Å². The third kappa shape index (κ3) is 7.79. The number of hydrogen-bond donors (Lipinski definition) is 2. The second-order valence-corrected chi connectivity index (χ2v) is 6.77. The van der Waals surface area contributed by atoms with Gasteiger partial charge in [-0.25, -0.2) is 9.98 Å². The van der Waals surface area contributed by atoms with Crippen LogP contribution in [0.1, 0.15) is 57.7 Å². The molecule has 2 N–H and O–H groups in total. The number of thiazole rings is 1. The van der Waals surface area contributed by atoms with Gasteiger partial charge in [-0.3, -0.25) is 0 Å². The van der Waals surface area contributed by atoms with Crippen LogP contribution in [-0.4, -0.2) is 48.6 Å². The van der Waals surface area contributed by atoms with E-state index in [-0.39, 0.29) is 0 Å². The Morgan fingerprint density at radius 3 is 2.57 bits per heavy atom. The SMILES string of the molecule is CCNC(=NCc1nc(C(C)C)cs1)NCCCN(CC)CC. The summed E-state index contributed by atoms with van der Waals surface area (Å²) in [5.74, 6) is 1.36. The van der Waals surface area contributed by atoms with Gasteiger partial charge >= 0.3 is 0 Å². The lowest BCUT2D eigenvalue weighted by Crippen LogP contribution is -2.38. The summed E-state index contributed by atoms with van der Waals surface area (Å²) in [6.45, 7) is 16.7. The topological polar surface area (TPSA) is 52.6 Å². The molecular weight excluding hydrogens is 306 g/mol. The molecule has 5 nitrogen and oxygen atoms in total. The van der Waals surface area contributed by atoms with Gasteiger partial charge in [-0.15, -0.1) is 11.3 Å². The molecule has 0 radical (unpaired) electrons. The maximum Gasteiger partial charge on any atom is 0.191 e. The average Bonchev–Trinajstić information content (AvgIpc) is 3.02. The van der Waals surface area contributed by atoms with Crippen LogP contribution in [0.4, 0.5) is 0 Å². The zero-order chi connectivity index (χ0) is 17.1. The Kier molecular flexibility index (Phi) is 9.87. The van der Waals surface area contributed by atoms with Crippen LogP contribution >= 0.6 is 11.3 Å². The first-order valence-electron chi connectivity index (χ1n) is 8.79. The Morgan fingerprint density at radius 2 is 2.00 bits per heavy atom. The first-order chi connectivity index (χ1) is 11.1. The summed E-state index contributed by atoms with van der Waals surface area (Å²) >= 11 is 1.70. The third-order valence-electron chi connectivity index (χ3n) is 3.72. The van der Waals surface area contributed by atoms with Crippen LogP contribution in [0.15, 0.2) is 10.4 Å². The molecule has 6 heteroatoms. The van der Waals surface area contributed by atoms with Gasteiger partial charge in [0, 0.05) is 18.5 Å². The van der Waals surface area contributed by atoms with Crippen molar-refractivity contribution in [3.63, 3.8) is 0 Å². The first kappa shape index (κ1) is 19.9. The van der Waals surface area contributed by atoms with E-state index < -0.39 is 0 Å². The van der Waals surface area contributed by atoms with Crippen molar-refractivity contribution in [3.05, 3.63) is 16.1 Å². The molecule has 0 aliphatic heterocycles. The molecule has 0 saturated heterocycles. The normalized spacial score (nSPS) is 12.2. The molecule has 1 aromatic rings. The van der Waals surface area contributed by atoms with Crippen molar-refractivity contribution >= 4 is 17.3 Å². The fourth-order valence-corrected chi connectivity index (χ4v) is 3.08. The van der Waals surface area contributed by atoms with Crippen LogP contribution in [0.5, 0.6) is 0 Å². The molecule has 0 spiro atoms. The van der Waals surface area contributed by atoms with Gasteiger partial charge in [-0.2, -0.15) is 0 Å². The number of aliphatic imine (C=N–C) groups is 1. The number of nitrogens with zero attached hydrogens (tertiary/aromatic N) is 3. The second-order valence-electron chi connectivity index (χ2n) is 5.82. The van der Waals surface area contributed by atoms with E-state index in [1.165, 1.54) is 0 Å². The Morgan fingerprint density at radius 1 is 1.26 bits per heavy atom. The van der Waals surface area contributed by atoms with Crippen molar-refractivity contribution in [2.45, 2.75) is 53.5 Å². The predicted molar refractivity (Wildman–Crippen MR) is 101 cm³/mol. The summed E-state index contributed by atoms with van der Waals surface area (Å²) < 4.78 is 0. The fraction of sp³-hybridized carbons (Fsp3) is 0.765. The lowest BCUT2D eigenvalue weighted by Gasteiger charge is -2.18. The van der Waals surface area contributed by atoms with E-state index in [1.54, 1.807) is 11.3 Å². The van der Waals surface area contributed by atoms with Gasteiger partial charge in [-0.05, 0) is 38.9 Å². The minimum absolute atomic E-state index is 0.482. The fourth-order valence-electron chi connectivity index (χ4n) is 2.20. The van der Waals surface area contributed by atoms with Crippen molar-refractivity contribution in [2.75, 3.05) is 32.7 Å². The van der Waals surface area contributed by atoms with Crippen LogP contribution in [0.3, 0.4) is 0 Å². The Labute approximate surface area is 145 Å². The molecule has 0 amide bonds. The van der Waals surface area contributed by atoms with E-state index in [1.807, 2.05) is 0 Å². The molecule has 1 aromatic heterocycles. The van der Waals surface area contributed by atoms with Gasteiger partial charge in [0.25, 0.3) is 0 Å². The smallest absolute Gasteiger partial charge is 0.191 e. The first-order valence-corrected chi connectivity index (χ1v) is 9.67. The maximum atomic E-state index is 4.64. The second kappa shape index (κ2) is 11.4. The lowest BCUT2D eigenvalue weighted by molar-refractivity contribution is 0.300. The molecule has 0 atom stereocenters. The molecule has 0 saturated carbocycles. The van der Waals surface area contributed by atoms with Gasteiger partial charge in [0.1, 0.15) is 5.01 Å². The van der Waals surface area contributed by atoms with Gasteiger partial charge < -0.3 is 15.5 Å². The van der Waals surface area contributed by atoms with E-state index in [9.17, 15) is 0 Å². The minimum atomic E-state index is 0.482. The summed E-state index contributed by atoms with van der Waals surface area (Å²) in [6.07, 6.45) is 1.13. The predicted octanol–water partition coefficient (Wildman–Crippen LogP) is 3.05. The van der Waals surface area contributed by atoms with Gasteiger partial charge in [0.15, 0.2) is 5.96 Å². The Balaban J connectivity index is 2.43. The third-order valence-corrected chi connectivity index (χ3v) is 4.57. The van der Waals surface area contributed by atoms with Gasteiger partial charge in [0.2, 0.25) is 0 Å². The van der Waals surface area contributed by atoms with E-state index in [0.29, 0.717) is 12.5 Å². The largest absolute Gasteiger partial charge is 0.357 e.